The SMILES string of the molecule is O=C(C1CCCCC1)N(C(=O)C1CCCCC1)C1=NC(N(C(=O)C2CCCCC2)C(=O)C2CCCCC2)C=CN1. The summed E-state index contributed by atoms with van der Waals surface area (Å²) in [6.07, 6.45) is 21.3. The lowest BCUT2D eigenvalue weighted by atomic mass is 9.85. The average molecular weight is 553 g/mol. The molecule has 4 saturated carbocycles. The lowest BCUT2D eigenvalue weighted by Crippen LogP contribution is -2.55. The number of imide groups is 2. The standard InChI is InChI=1S/C32H48N4O4/c37-28(23-13-5-1-6-14-23)35(29(38)24-15-7-2-8-16-24)27-21-22-33-32(34-27)36(30(39)25-17-9-3-10-18-25)31(40)26-19-11-4-12-20-26/h21-27H,1-20H2,(H,33,34). The third-order valence-corrected chi connectivity index (χ3v) is 9.94. The number of aliphatic imine (C=N–C) groups is 1. The van der Waals surface area contributed by atoms with Crippen LogP contribution < -0.4 is 5.32 Å². The fraction of sp³-hybridized carbons (Fsp3) is 0.781. The van der Waals surface area contributed by atoms with E-state index in [2.05, 4.69) is 5.32 Å². The molecule has 5 rings (SSSR count). The van der Waals surface area contributed by atoms with E-state index in [1.807, 2.05) is 0 Å². The molecule has 1 N–H and O–H groups in total. The van der Waals surface area contributed by atoms with Gasteiger partial charge in [-0.1, -0.05) is 77.0 Å². The van der Waals surface area contributed by atoms with E-state index in [-0.39, 0.29) is 53.3 Å². The molecular formula is C32H48N4O4. The van der Waals surface area contributed by atoms with Crippen LogP contribution in [0.25, 0.3) is 0 Å². The number of hydrogen-bond donors (Lipinski definition) is 1. The Hall–Kier alpha value is -2.51. The minimum atomic E-state index is -0.846. The Labute approximate surface area is 239 Å². The molecule has 8 heteroatoms. The van der Waals surface area contributed by atoms with Crippen molar-refractivity contribution >= 4 is 29.6 Å². The van der Waals surface area contributed by atoms with Crippen LogP contribution >= 0.6 is 0 Å². The van der Waals surface area contributed by atoms with Gasteiger partial charge >= 0.3 is 0 Å². The van der Waals surface area contributed by atoms with Gasteiger partial charge in [0.15, 0.2) is 6.17 Å². The summed E-state index contributed by atoms with van der Waals surface area (Å²) < 4.78 is 0. The van der Waals surface area contributed by atoms with Crippen LogP contribution in [0, 0.1) is 23.7 Å². The van der Waals surface area contributed by atoms with E-state index in [9.17, 15) is 19.2 Å². The molecule has 40 heavy (non-hydrogen) atoms. The highest BCUT2D eigenvalue weighted by molar-refractivity contribution is 6.13. The van der Waals surface area contributed by atoms with Gasteiger partial charge in [-0.05, 0) is 57.4 Å². The molecule has 0 aromatic carbocycles. The molecule has 8 nitrogen and oxygen atoms in total. The minimum Gasteiger partial charge on any atom is -0.332 e. The molecule has 0 bridgehead atoms. The van der Waals surface area contributed by atoms with Crippen molar-refractivity contribution in [3.63, 3.8) is 0 Å². The van der Waals surface area contributed by atoms with Crippen LogP contribution in [0.15, 0.2) is 17.3 Å². The molecule has 0 radical (unpaired) electrons. The lowest BCUT2D eigenvalue weighted by molar-refractivity contribution is -0.153. The Kier molecular flexibility index (Phi) is 10.1. The van der Waals surface area contributed by atoms with Crippen LogP contribution in [0.1, 0.15) is 128 Å². The van der Waals surface area contributed by atoms with Crippen molar-refractivity contribution in [1.82, 2.24) is 15.1 Å². The molecule has 5 aliphatic rings. The topological polar surface area (TPSA) is 99.2 Å². The van der Waals surface area contributed by atoms with Gasteiger partial charge in [-0.2, -0.15) is 0 Å². The number of hydrogen-bond acceptors (Lipinski definition) is 6. The third-order valence-electron chi connectivity index (χ3n) is 9.94. The monoisotopic (exact) mass is 552 g/mol. The van der Waals surface area contributed by atoms with Crippen LogP contribution in [0.2, 0.25) is 0 Å². The maximum Gasteiger partial charge on any atom is 0.239 e. The summed E-state index contributed by atoms with van der Waals surface area (Å²) in [7, 11) is 0. The quantitative estimate of drug-likeness (QED) is 0.434. The summed E-state index contributed by atoms with van der Waals surface area (Å²) in [5.41, 5.74) is 0. The van der Waals surface area contributed by atoms with Gasteiger partial charge in [0.05, 0.1) is 0 Å². The van der Waals surface area contributed by atoms with Crippen molar-refractivity contribution < 1.29 is 19.2 Å². The van der Waals surface area contributed by atoms with Gasteiger partial charge in [0.25, 0.3) is 0 Å². The van der Waals surface area contributed by atoms with Gasteiger partial charge < -0.3 is 5.32 Å². The van der Waals surface area contributed by atoms with Crippen LogP contribution in [0.5, 0.6) is 0 Å². The number of amides is 4. The Morgan fingerprint density at radius 1 is 0.550 bits per heavy atom. The van der Waals surface area contributed by atoms with Crippen molar-refractivity contribution in [3.05, 3.63) is 12.3 Å². The smallest absolute Gasteiger partial charge is 0.239 e. The first-order chi connectivity index (χ1) is 19.5. The van der Waals surface area contributed by atoms with Crippen LogP contribution in [-0.2, 0) is 19.2 Å². The molecule has 4 aliphatic carbocycles. The average Bonchev–Trinajstić information content (AvgIpc) is 3.03. The van der Waals surface area contributed by atoms with E-state index in [1.165, 1.54) is 9.80 Å². The van der Waals surface area contributed by atoms with Crippen molar-refractivity contribution in [1.29, 1.82) is 0 Å². The molecule has 220 valence electrons. The molecule has 0 aromatic rings. The maximum atomic E-state index is 14.0. The van der Waals surface area contributed by atoms with Crippen molar-refractivity contribution in [3.8, 4) is 0 Å². The Bertz CT molecular complexity index is 923. The number of guanidine groups is 1. The number of carbonyl (C=O) groups is 4. The molecule has 0 aromatic heterocycles. The predicted octanol–water partition coefficient (Wildman–Crippen LogP) is 5.82. The Morgan fingerprint density at radius 2 is 0.900 bits per heavy atom. The first kappa shape index (κ1) is 29.0. The van der Waals surface area contributed by atoms with Gasteiger partial charge in [-0.15, -0.1) is 0 Å². The molecule has 0 spiro atoms. The van der Waals surface area contributed by atoms with Crippen LogP contribution in [0.3, 0.4) is 0 Å². The molecule has 1 heterocycles. The first-order valence-corrected chi connectivity index (χ1v) is 16.3. The molecule has 4 fully saturated rings. The lowest BCUT2D eigenvalue weighted by Gasteiger charge is -2.37. The van der Waals surface area contributed by atoms with Gasteiger partial charge in [0.1, 0.15) is 0 Å². The van der Waals surface area contributed by atoms with Gasteiger partial charge in [0.2, 0.25) is 29.6 Å². The van der Waals surface area contributed by atoms with Crippen molar-refractivity contribution in [2.24, 2.45) is 28.7 Å². The Morgan fingerprint density at radius 3 is 1.27 bits per heavy atom. The van der Waals surface area contributed by atoms with Gasteiger partial charge in [-0.3, -0.25) is 24.1 Å². The fourth-order valence-corrected chi connectivity index (χ4v) is 7.52. The molecule has 4 amide bonds. The number of rotatable bonds is 5. The number of carbonyl (C=O) groups excluding carboxylic acids is 4. The van der Waals surface area contributed by atoms with E-state index < -0.39 is 6.17 Å². The first-order valence-electron chi connectivity index (χ1n) is 16.3. The second-order valence-corrected chi connectivity index (χ2v) is 12.8. The number of nitrogens with zero attached hydrogens (tertiary/aromatic N) is 3. The Balaban J connectivity index is 1.45. The highest BCUT2D eigenvalue weighted by Gasteiger charge is 2.41. The summed E-state index contributed by atoms with van der Waals surface area (Å²) in [6, 6.07) is 0. The second-order valence-electron chi connectivity index (χ2n) is 12.8. The van der Waals surface area contributed by atoms with E-state index >= 15 is 0 Å². The summed E-state index contributed by atoms with van der Waals surface area (Å²) in [6.45, 7) is 0. The van der Waals surface area contributed by atoms with E-state index in [0.29, 0.717) is 0 Å². The maximum absolute atomic E-state index is 14.0. The summed E-state index contributed by atoms with van der Waals surface area (Å²) in [4.78, 5) is 63.3. The van der Waals surface area contributed by atoms with Crippen molar-refractivity contribution in [2.75, 3.05) is 0 Å². The highest BCUT2D eigenvalue weighted by atomic mass is 16.2. The molecule has 1 unspecified atom stereocenters. The fourth-order valence-electron chi connectivity index (χ4n) is 7.52. The van der Waals surface area contributed by atoms with E-state index in [0.717, 1.165) is 128 Å². The second kappa shape index (κ2) is 13.9. The van der Waals surface area contributed by atoms with Crippen LogP contribution in [0.4, 0.5) is 0 Å². The zero-order valence-electron chi connectivity index (χ0n) is 24.2. The molecule has 0 saturated heterocycles. The highest BCUT2D eigenvalue weighted by Crippen LogP contribution is 2.33. The minimum absolute atomic E-state index is 0.140. The third kappa shape index (κ3) is 6.68. The largest absolute Gasteiger partial charge is 0.332 e. The van der Waals surface area contributed by atoms with Crippen molar-refractivity contribution in [2.45, 2.75) is 135 Å². The molecule has 1 atom stereocenters. The van der Waals surface area contributed by atoms with E-state index in [1.54, 1.807) is 12.3 Å². The molecular weight excluding hydrogens is 504 g/mol. The summed E-state index contributed by atoms with van der Waals surface area (Å²) >= 11 is 0. The van der Waals surface area contributed by atoms with Crippen LogP contribution in [-0.4, -0.2) is 45.6 Å². The normalized spacial score (nSPS) is 25.5. The zero-order chi connectivity index (χ0) is 27.9. The summed E-state index contributed by atoms with van der Waals surface area (Å²) in [5, 5.41) is 3.09. The number of nitrogens with one attached hydrogen (secondary N) is 1. The summed E-state index contributed by atoms with van der Waals surface area (Å²) in [5.74, 6) is -1.20. The zero-order valence-corrected chi connectivity index (χ0v) is 24.2. The predicted molar refractivity (Wildman–Crippen MR) is 154 cm³/mol. The molecule has 1 aliphatic heterocycles. The van der Waals surface area contributed by atoms with Gasteiger partial charge in [-0.25, -0.2) is 9.89 Å². The van der Waals surface area contributed by atoms with Gasteiger partial charge in [0, 0.05) is 29.9 Å². The van der Waals surface area contributed by atoms with E-state index in [4.69, 9.17) is 4.99 Å².